The quantitative estimate of drug-likeness (QED) is 0.790. The van der Waals surface area contributed by atoms with Crippen LogP contribution >= 0.6 is 0 Å². The minimum Gasteiger partial charge on any atom is -0.504 e. The summed E-state index contributed by atoms with van der Waals surface area (Å²) in [6.45, 7) is 0.826. The molecular formula is C12H15NO4. The number of ether oxygens (including phenoxy) is 1. The van der Waals surface area contributed by atoms with Crippen molar-refractivity contribution in [3.63, 3.8) is 0 Å². The van der Waals surface area contributed by atoms with Gasteiger partial charge in [-0.2, -0.15) is 0 Å². The van der Waals surface area contributed by atoms with E-state index < -0.39 is 6.10 Å². The number of aliphatic hydroxyl groups is 1. The van der Waals surface area contributed by atoms with Crippen molar-refractivity contribution in [2.24, 2.45) is 0 Å². The van der Waals surface area contributed by atoms with Crippen molar-refractivity contribution in [2.45, 2.75) is 12.5 Å². The van der Waals surface area contributed by atoms with Crippen molar-refractivity contribution >= 4 is 5.91 Å². The summed E-state index contributed by atoms with van der Waals surface area (Å²) in [5.74, 6) is -0.157. The molecule has 1 amide bonds. The highest BCUT2D eigenvalue weighted by molar-refractivity contribution is 5.97. The normalized spacial score (nSPS) is 19.4. The van der Waals surface area contributed by atoms with E-state index in [9.17, 15) is 15.0 Å². The first-order valence-corrected chi connectivity index (χ1v) is 5.46. The van der Waals surface area contributed by atoms with Gasteiger partial charge in [-0.3, -0.25) is 4.79 Å². The largest absolute Gasteiger partial charge is 0.504 e. The Morgan fingerprint density at radius 3 is 2.88 bits per heavy atom. The van der Waals surface area contributed by atoms with Crippen molar-refractivity contribution in [1.82, 2.24) is 4.90 Å². The van der Waals surface area contributed by atoms with Gasteiger partial charge in [0.2, 0.25) is 0 Å². The fraction of sp³-hybridized carbons (Fsp3) is 0.417. The summed E-state index contributed by atoms with van der Waals surface area (Å²) >= 11 is 0. The maximum Gasteiger partial charge on any atom is 0.257 e. The summed E-state index contributed by atoms with van der Waals surface area (Å²) in [7, 11) is 1.43. The van der Waals surface area contributed by atoms with E-state index in [-0.39, 0.29) is 23.0 Å². The Bertz CT molecular complexity index is 433. The van der Waals surface area contributed by atoms with Gasteiger partial charge in [-0.1, -0.05) is 6.07 Å². The third-order valence-electron chi connectivity index (χ3n) is 2.90. The second-order valence-electron chi connectivity index (χ2n) is 4.05. The predicted octanol–water partition coefficient (Wildman–Crippen LogP) is 0.608. The number of aliphatic hydroxyl groups excluding tert-OH is 1. The van der Waals surface area contributed by atoms with Crippen molar-refractivity contribution in [3.05, 3.63) is 23.8 Å². The summed E-state index contributed by atoms with van der Waals surface area (Å²) in [4.78, 5) is 13.6. The number of carbonyl (C=O) groups excluding carboxylic acids is 1. The maximum absolute atomic E-state index is 12.1. The molecule has 1 atom stereocenters. The Balaban J connectivity index is 2.25. The van der Waals surface area contributed by atoms with Crippen molar-refractivity contribution < 1.29 is 19.7 Å². The monoisotopic (exact) mass is 237 g/mol. The average Bonchev–Trinajstić information content (AvgIpc) is 2.75. The number of amides is 1. The number of carbonyl (C=O) groups is 1. The zero-order valence-corrected chi connectivity index (χ0v) is 9.59. The zero-order valence-electron chi connectivity index (χ0n) is 9.59. The molecule has 0 radical (unpaired) electrons. The molecule has 92 valence electrons. The number of β-amino-alcohol motifs (C(OH)–C–C–N with tert-alkyl or cyclic N) is 1. The summed E-state index contributed by atoms with van der Waals surface area (Å²) in [5, 5.41) is 19.2. The number of phenolic OH excluding ortho intramolecular Hbond substituents is 1. The molecule has 5 nitrogen and oxygen atoms in total. The molecule has 0 spiro atoms. The molecule has 1 aromatic rings. The molecule has 1 unspecified atom stereocenters. The summed E-state index contributed by atoms with van der Waals surface area (Å²) in [6.07, 6.45) is 0.114. The van der Waals surface area contributed by atoms with Crippen molar-refractivity contribution in [1.29, 1.82) is 0 Å². The Labute approximate surface area is 99.2 Å². The fourth-order valence-corrected chi connectivity index (χ4v) is 1.96. The van der Waals surface area contributed by atoms with Crippen LogP contribution in [0.1, 0.15) is 16.8 Å². The molecule has 1 aliphatic rings. The highest BCUT2D eigenvalue weighted by Gasteiger charge is 2.27. The fourth-order valence-electron chi connectivity index (χ4n) is 1.96. The van der Waals surface area contributed by atoms with Gasteiger partial charge in [0.15, 0.2) is 11.5 Å². The minimum absolute atomic E-state index is 0.151. The van der Waals surface area contributed by atoms with Gasteiger partial charge in [-0.05, 0) is 18.6 Å². The molecule has 17 heavy (non-hydrogen) atoms. The number of hydrogen-bond acceptors (Lipinski definition) is 4. The molecule has 1 aliphatic heterocycles. The Morgan fingerprint density at radius 2 is 2.29 bits per heavy atom. The highest BCUT2D eigenvalue weighted by Crippen LogP contribution is 2.30. The molecule has 0 aromatic heterocycles. The van der Waals surface area contributed by atoms with Crippen LogP contribution in [0.3, 0.4) is 0 Å². The van der Waals surface area contributed by atoms with Gasteiger partial charge in [-0.25, -0.2) is 0 Å². The lowest BCUT2D eigenvalue weighted by atomic mass is 10.1. The highest BCUT2D eigenvalue weighted by atomic mass is 16.5. The first kappa shape index (κ1) is 11.7. The number of phenols is 1. The number of aromatic hydroxyl groups is 1. The maximum atomic E-state index is 12.1. The number of methoxy groups -OCH3 is 1. The van der Waals surface area contributed by atoms with E-state index in [1.54, 1.807) is 18.2 Å². The van der Waals surface area contributed by atoms with E-state index in [4.69, 9.17) is 4.74 Å². The number of hydrogen-bond donors (Lipinski definition) is 2. The number of para-hydroxylation sites is 1. The zero-order chi connectivity index (χ0) is 12.4. The standard InChI is InChI=1S/C12H15NO4/c1-17-10-4-2-3-9(11(10)15)12(16)13-6-5-8(14)7-13/h2-4,8,14-15H,5-7H2,1H3. The summed E-state index contributed by atoms with van der Waals surface area (Å²) in [5.41, 5.74) is 0.207. The van der Waals surface area contributed by atoms with Crippen LogP contribution in [-0.2, 0) is 0 Å². The summed E-state index contributed by atoms with van der Waals surface area (Å²) < 4.78 is 4.95. The number of nitrogens with zero attached hydrogens (tertiary/aromatic N) is 1. The lowest BCUT2D eigenvalue weighted by Gasteiger charge is -2.17. The van der Waals surface area contributed by atoms with E-state index >= 15 is 0 Å². The van der Waals surface area contributed by atoms with Gasteiger partial charge in [0.1, 0.15) is 0 Å². The van der Waals surface area contributed by atoms with Crippen molar-refractivity contribution in [3.8, 4) is 11.5 Å². The second-order valence-corrected chi connectivity index (χ2v) is 4.05. The van der Waals surface area contributed by atoms with E-state index in [1.165, 1.54) is 12.0 Å². The van der Waals surface area contributed by atoms with Crippen LogP contribution in [0.2, 0.25) is 0 Å². The van der Waals surface area contributed by atoms with Crippen LogP contribution in [0.25, 0.3) is 0 Å². The van der Waals surface area contributed by atoms with Gasteiger partial charge < -0.3 is 19.8 Å². The average molecular weight is 237 g/mol. The Hall–Kier alpha value is -1.75. The molecule has 1 saturated heterocycles. The molecule has 1 heterocycles. The van der Waals surface area contributed by atoms with Crippen LogP contribution in [0.5, 0.6) is 11.5 Å². The van der Waals surface area contributed by atoms with Crippen LogP contribution in [-0.4, -0.2) is 47.3 Å². The minimum atomic E-state index is -0.466. The van der Waals surface area contributed by atoms with Crippen LogP contribution in [0.4, 0.5) is 0 Å². The molecule has 2 rings (SSSR count). The van der Waals surface area contributed by atoms with Gasteiger partial charge >= 0.3 is 0 Å². The third-order valence-corrected chi connectivity index (χ3v) is 2.90. The predicted molar refractivity (Wildman–Crippen MR) is 61.2 cm³/mol. The molecular weight excluding hydrogens is 222 g/mol. The van der Waals surface area contributed by atoms with Gasteiger partial charge in [0.05, 0.1) is 18.8 Å². The smallest absolute Gasteiger partial charge is 0.257 e. The first-order chi connectivity index (χ1) is 8.13. The third kappa shape index (κ3) is 2.19. The molecule has 5 heteroatoms. The molecule has 1 aromatic carbocycles. The lowest BCUT2D eigenvalue weighted by Crippen LogP contribution is -2.29. The Morgan fingerprint density at radius 1 is 1.53 bits per heavy atom. The van der Waals surface area contributed by atoms with Crippen molar-refractivity contribution in [2.75, 3.05) is 20.2 Å². The van der Waals surface area contributed by atoms with Crippen LogP contribution in [0.15, 0.2) is 18.2 Å². The summed E-state index contributed by atoms with van der Waals surface area (Å²) in [6, 6.07) is 4.79. The molecule has 0 saturated carbocycles. The lowest BCUT2D eigenvalue weighted by molar-refractivity contribution is 0.0761. The van der Waals surface area contributed by atoms with Gasteiger partial charge in [0, 0.05) is 13.1 Å². The second kappa shape index (κ2) is 4.63. The topological polar surface area (TPSA) is 70.0 Å². The number of likely N-dealkylation sites (tertiary alicyclic amines) is 1. The van der Waals surface area contributed by atoms with Gasteiger partial charge in [-0.15, -0.1) is 0 Å². The van der Waals surface area contributed by atoms with Crippen LogP contribution in [0, 0.1) is 0 Å². The molecule has 2 N–H and O–H groups in total. The molecule has 0 aliphatic carbocycles. The number of benzene rings is 1. The molecule has 1 fully saturated rings. The SMILES string of the molecule is COc1cccc(C(=O)N2CCC(O)C2)c1O. The van der Waals surface area contributed by atoms with Crippen LogP contribution < -0.4 is 4.74 Å². The molecule has 0 bridgehead atoms. The van der Waals surface area contributed by atoms with E-state index in [0.717, 1.165) is 0 Å². The Kier molecular flexibility index (Phi) is 3.19. The van der Waals surface area contributed by atoms with E-state index in [1.807, 2.05) is 0 Å². The van der Waals surface area contributed by atoms with E-state index in [0.29, 0.717) is 19.5 Å². The first-order valence-electron chi connectivity index (χ1n) is 5.46. The van der Waals surface area contributed by atoms with E-state index in [2.05, 4.69) is 0 Å². The van der Waals surface area contributed by atoms with Gasteiger partial charge in [0.25, 0.3) is 5.91 Å². The number of rotatable bonds is 2.